The highest BCUT2D eigenvalue weighted by Crippen LogP contribution is 2.34. The minimum absolute atomic E-state index is 0.128. The first-order chi connectivity index (χ1) is 16.0. The van der Waals surface area contributed by atoms with Crippen LogP contribution in [0, 0.1) is 11.8 Å². The quantitative estimate of drug-likeness (QED) is 0.616. The molecule has 33 heavy (non-hydrogen) atoms. The van der Waals surface area contributed by atoms with Crippen molar-refractivity contribution in [2.75, 3.05) is 32.7 Å². The zero-order chi connectivity index (χ0) is 23.4. The van der Waals surface area contributed by atoms with Crippen LogP contribution in [-0.2, 0) is 9.59 Å². The lowest BCUT2D eigenvalue weighted by molar-refractivity contribution is -0.137. The highest BCUT2D eigenvalue weighted by atomic mass is 16.2. The van der Waals surface area contributed by atoms with Gasteiger partial charge in [0.05, 0.1) is 0 Å². The van der Waals surface area contributed by atoms with Gasteiger partial charge in [-0.1, -0.05) is 25.5 Å². The fourth-order valence-corrected chi connectivity index (χ4v) is 5.69. The van der Waals surface area contributed by atoms with Crippen LogP contribution in [0.15, 0.2) is 35.3 Å². The molecule has 6 nitrogen and oxygen atoms in total. The number of piperazine rings is 1. The van der Waals surface area contributed by atoms with Gasteiger partial charge in [0.1, 0.15) is 5.82 Å². The fourth-order valence-electron chi connectivity index (χ4n) is 5.69. The Morgan fingerprint density at radius 1 is 1.12 bits per heavy atom. The van der Waals surface area contributed by atoms with E-state index in [0.29, 0.717) is 18.4 Å². The third-order valence-corrected chi connectivity index (χ3v) is 8.20. The van der Waals surface area contributed by atoms with Gasteiger partial charge in [0.2, 0.25) is 11.8 Å². The molecular weight excluding hydrogens is 412 g/mol. The molecule has 2 saturated carbocycles. The van der Waals surface area contributed by atoms with Crippen LogP contribution in [0.25, 0.3) is 0 Å². The van der Waals surface area contributed by atoms with Crippen molar-refractivity contribution in [3.8, 4) is 0 Å². The van der Waals surface area contributed by atoms with E-state index in [4.69, 9.17) is 0 Å². The van der Waals surface area contributed by atoms with E-state index in [0.717, 1.165) is 75.8 Å². The Kier molecular flexibility index (Phi) is 7.94. The average molecular weight is 455 g/mol. The molecule has 0 aromatic heterocycles. The molecule has 0 bridgehead atoms. The molecule has 4 fully saturated rings. The summed E-state index contributed by atoms with van der Waals surface area (Å²) < 4.78 is 0. The molecule has 2 amide bonds. The second-order valence-corrected chi connectivity index (χ2v) is 10.2. The summed E-state index contributed by atoms with van der Waals surface area (Å²) >= 11 is 0. The third-order valence-electron chi connectivity index (χ3n) is 8.20. The molecule has 2 aliphatic heterocycles. The minimum atomic E-state index is 0.128. The first kappa shape index (κ1) is 24.1. The number of nitrogens with zero attached hydrogens (tertiary/aromatic N) is 3. The lowest BCUT2D eigenvalue weighted by Crippen LogP contribution is -2.52. The summed E-state index contributed by atoms with van der Waals surface area (Å²) in [6.07, 6.45) is 15.2. The third kappa shape index (κ3) is 5.53. The molecule has 2 heterocycles. The van der Waals surface area contributed by atoms with Gasteiger partial charge in [-0.05, 0) is 69.9 Å². The van der Waals surface area contributed by atoms with Gasteiger partial charge < -0.3 is 15.1 Å². The summed E-state index contributed by atoms with van der Waals surface area (Å²) in [6, 6.07) is 0.312. The van der Waals surface area contributed by atoms with Crippen LogP contribution in [0.3, 0.4) is 0 Å². The van der Waals surface area contributed by atoms with E-state index in [9.17, 15) is 9.59 Å². The molecule has 3 atom stereocenters. The molecule has 0 aromatic carbocycles. The molecule has 3 unspecified atom stereocenters. The second-order valence-electron chi connectivity index (χ2n) is 10.2. The Morgan fingerprint density at radius 3 is 2.48 bits per heavy atom. The highest BCUT2D eigenvalue weighted by molar-refractivity contribution is 5.80. The number of hydrogen-bond acceptors (Lipinski definition) is 4. The predicted octanol–water partition coefficient (Wildman–Crippen LogP) is 4.02. The van der Waals surface area contributed by atoms with Crippen molar-refractivity contribution in [3.63, 3.8) is 0 Å². The van der Waals surface area contributed by atoms with E-state index in [-0.39, 0.29) is 11.8 Å². The number of rotatable bonds is 6. The summed E-state index contributed by atoms with van der Waals surface area (Å²) in [7, 11) is 0. The van der Waals surface area contributed by atoms with Crippen molar-refractivity contribution in [2.24, 2.45) is 11.8 Å². The largest absolute Gasteiger partial charge is 0.340 e. The molecule has 2 aliphatic carbocycles. The van der Waals surface area contributed by atoms with E-state index < -0.39 is 0 Å². The highest BCUT2D eigenvalue weighted by Gasteiger charge is 2.33. The smallest absolute Gasteiger partial charge is 0.227 e. The van der Waals surface area contributed by atoms with Crippen LogP contribution >= 0.6 is 0 Å². The maximum absolute atomic E-state index is 13.0. The predicted molar refractivity (Wildman–Crippen MR) is 132 cm³/mol. The Balaban J connectivity index is 1.31. The molecule has 0 radical (unpaired) electrons. The van der Waals surface area contributed by atoms with Crippen LogP contribution in [0.1, 0.15) is 72.1 Å². The van der Waals surface area contributed by atoms with Crippen molar-refractivity contribution in [1.82, 2.24) is 20.0 Å². The summed E-state index contributed by atoms with van der Waals surface area (Å²) in [5.74, 6) is 2.56. The normalized spacial score (nSPS) is 28.3. The molecule has 2 saturated heterocycles. The van der Waals surface area contributed by atoms with Crippen molar-refractivity contribution in [1.29, 1.82) is 0 Å². The zero-order valence-electron chi connectivity index (χ0n) is 20.8. The van der Waals surface area contributed by atoms with Crippen LogP contribution in [0.4, 0.5) is 0 Å². The van der Waals surface area contributed by atoms with E-state index in [1.54, 1.807) is 0 Å². The van der Waals surface area contributed by atoms with Gasteiger partial charge in [0.15, 0.2) is 0 Å². The Morgan fingerprint density at radius 2 is 1.88 bits per heavy atom. The van der Waals surface area contributed by atoms with Crippen LogP contribution in [0.2, 0.25) is 0 Å². The maximum Gasteiger partial charge on any atom is 0.227 e. The molecule has 0 spiro atoms. The standard InChI is InChI=1S/C27H42N4O2/c1-4-21-10-11-23(19-21)27(33)30-17-15-29(16-18-30)20(3)9-12-24(5-2)31-14-13-25(32)28-26(31)22-7-6-8-22/h5,9,12,20-21,23H,4,6-8,10-11,13-19H2,1-3H3,(H,28,32)/b12-9-,24-5+. The number of carbonyl (C=O) groups excluding carboxylic acids is 2. The number of allylic oxidation sites excluding steroid dienone is 3. The number of hydrogen-bond donors (Lipinski definition) is 1. The fraction of sp³-hybridized carbons (Fsp3) is 0.704. The monoisotopic (exact) mass is 454 g/mol. The minimum Gasteiger partial charge on any atom is -0.340 e. The van der Waals surface area contributed by atoms with Gasteiger partial charge in [-0.3, -0.25) is 14.5 Å². The SMILES string of the molecule is C/C=C(\C=C/C(C)N1CCN(C(=O)C2CCC(CC)C2)CC1)N1CCC(=O)NC1=C1CCC1. The molecule has 182 valence electrons. The summed E-state index contributed by atoms with van der Waals surface area (Å²) in [5, 5.41) is 3.12. The van der Waals surface area contributed by atoms with Crippen molar-refractivity contribution in [3.05, 3.63) is 35.3 Å². The molecular formula is C27H42N4O2. The Bertz CT molecular complexity index is 816. The van der Waals surface area contributed by atoms with E-state index in [2.05, 4.69) is 59.0 Å². The molecule has 1 N–H and O–H groups in total. The van der Waals surface area contributed by atoms with Crippen LogP contribution < -0.4 is 5.32 Å². The van der Waals surface area contributed by atoms with E-state index in [1.165, 1.54) is 24.8 Å². The summed E-state index contributed by atoms with van der Waals surface area (Å²) in [6.45, 7) is 10.8. The van der Waals surface area contributed by atoms with E-state index >= 15 is 0 Å². The number of carbonyl (C=O) groups is 2. The van der Waals surface area contributed by atoms with Crippen molar-refractivity contribution < 1.29 is 9.59 Å². The zero-order valence-corrected chi connectivity index (χ0v) is 20.8. The van der Waals surface area contributed by atoms with Crippen LogP contribution in [0.5, 0.6) is 0 Å². The van der Waals surface area contributed by atoms with Gasteiger partial charge in [-0.25, -0.2) is 0 Å². The lowest BCUT2D eigenvalue weighted by Gasteiger charge is -2.38. The summed E-state index contributed by atoms with van der Waals surface area (Å²) in [5.41, 5.74) is 2.52. The van der Waals surface area contributed by atoms with Crippen LogP contribution in [-0.4, -0.2) is 65.3 Å². The first-order valence-corrected chi connectivity index (χ1v) is 13.2. The Hall–Kier alpha value is -2.08. The summed E-state index contributed by atoms with van der Waals surface area (Å²) in [4.78, 5) is 31.8. The molecule has 4 aliphatic rings. The maximum atomic E-state index is 13.0. The molecule has 4 rings (SSSR count). The lowest BCUT2D eigenvalue weighted by atomic mass is 9.91. The number of amides is 2. The Labute approximate surface area is 199 Å². The van der Waals surface area contributed by atoms with Crippen molar-refractivity contribution in [2.45, 2.75) is 78.2 Å². The van der Waals surface area contributed by atoms with Gasteiger partial charge in [0.25, 0.3) is 0 Å². The van der Waals surface area contributed by atoms with E-state index in [1.807, 2.05) is 0 Å². The first-order valence-electron chi connectivity index (χ1n) is 13.2. The molecule has 0 aromatic rings. The van der Waals surface area contributed by atoms with Gasteiger partial charge >= 0.3 is 0 Å². The number of nitrogens with one attached hydrogen (secondary N) is 1. The second kappa shape index (κ2) is 10.9. The van der Waals surface area contributed by atoms with Crippen molar-refractivity contribution >= 4 is 11.8 Å². The average Bonchev–Trinajstić information content (AvgIpc) is 3.28. The topological polar surface area (TPSA) is 55.9 Å². The van der Waals surface area contributed by atoms with Gasteiger partial charge in [-0.15, -0.1) is 0 Å². The molecule has 6 heteroatoms. The van der Waals surface area contributed by atoms with Gasteiger partial charge in [-0.2, -0.15) is 0 Å². The van der Waals surface area contributed by atoms with Gasteiger partial charge in [0, 0.05) is 56.8 Å².